The highest BCUT2D eigenvalue weighted by Gasteiger charge is 2.39. The van der Waals surface area contributed by atoms with E-state index in [0.717, 1.165) is 45.2 Å². The average Bonchev–Trinajstić information content (AvgIpc) is 3.19. The van der Waals surface area contributed by atoms with Gasteiger partial charge in [0.25, 0.3) is 0 Å². The molecule has 2 aliphatic rings. The van der Waals surface area contributed by atoms with E-state index in [1.54, 1.807) is 4.90 Å². The summed E-state index contributed by atoms with van der Waals surface area (Å²) in [7, 11) is 1.53. The van der Waals surface area contributed by atoms with Gasteiger partial charge in [0.2, 0.25) is 11.8 Å². The van der Waals surface area contributed by atoms with E-state index in [-0.39, 0.29) is 36.5 Å². The molecule has 0 aromatic carbocycles. The summed E-state index contributed by atoms with van der Waals surface area (Å²) in [6.07, 6.45) is 5.22. The molecule has 1 aliphatic heterocycles. The van der Waals surface area contributed by atoms with Gasteiger partial charge in [0.1, 0.15) is 12.6 Å². The van der Waals surface area contributed by atoms with E-state index < -0.39 is 6.04 Å². The molecule has 1 unspecified atom stereocenters. The van der Waals surface area contributed by atoms with Gasteiger partial charge in [-0.05, 0) is 63.5 Å². The molecule has 1 aromatic rings. The minimum atomic E-state index is -0.457. The maximum absolute atomic E-state index is 13.4. The number of rotatable bonds is 9. The third-order valence-corrected chi connectivity index (χ3v) is 7.84. The molecule has 2 heterocycles. The molecule has 1 saturated carbocycles. The number of amides is 2. The van der Waals surface area contributed by atoms with Crippen LogP contribution in [0.5, 0.6) is 0 Å². The van der Waals surface area contributed by atoms with E-state index in [0.29, 0.717) is 18.9 Å². The summed E-state index contributed by atoms with van der Waals surface area (Å²) >= 11 is 1.84. The highest BCUT2D eigenvalue weighted by atomic mass is 32.1. The Bertz CT molecular complexity index is 775. The van der Waals surface area contributed by atoms with Gasteiger partial charge in [0, 0.05) is 54.6 Å². The van der Waals surface area contributed by atoms with Gasteiger partial charge in [0.05, 0.1) is 0 Å². The van der Waals surface area contributed by atoms with Gasteiger partial charge in [-0.2, -0.15) is 0 Å². The lowest BCUT2D eigenvalue weighted by atomic mass is 9.90. The first-order chi connectivity index (χ1) is 15.8. The zero-order valence-corrected chi connectivity index (χ0v) is 21.5. The highest BCUT2D eigenvalue weighted by Crippen LogP contribution is 2.27. The van der Waals surface area contributed by atoms with Crippen molar-refractivity contribution in [3.8, 4) is 0 Å². The van der Waals surface area contributed by atoms with Crippen LogP contribution in [0.15, 0.2) is 12.1 Å². The van der Waals surface area contributed by atoms with Crippen LogP contribution < -0.4 is 11.1 Å². The third-order valence-electron chi connectivity index (χ3n) is 6.85. The van der Waals surface area contributed by atoms with Gasteiger partial charge in [-0.1, -0.05) is 13.8 Å². The Kier molecular flexibility index (Phi) is 9.73. The van der Waals surface area contributed by atoms with Crippen molar-refractivity contribution in [3.05, 3.63) is 21.9 Å². The molecule has 2 amide bonds. The van der Waals surface area contributed by atoms with Gasteiger partial charge in [-0.15, -0.1) is 11.3 Å². The Morgan fingerprint density at radius 1 is 1.24 bits per heavy atom. The molecule has 0 radical (unpaired) electrons. The Balaban J connectivity index is 1.73. The molecule has 7 nitrogen and oxygen atoms in total. The number of hydrogen-bond donors (Lipinski definition) is 2. The maximum Gasteiger partial charge on any atom is 0.249 e. The summed E-state index contributed by atoms with van der Waals surface area (Å²) in [6.45, 7) is 9.07. The molecule has 1 saturated heterocycles. The number of likely N-dealkylation sites (tertiary alicyclic amines) is 1. The monoisotopic (exact) mass is 478 g/mol. The van der Waals surface area contributed by atoms with Gasteiger partial charge in [0.15, 0.2) is 0 Å². The van der Waals surface area contributed by atoms with Crippen LogP contribution in [0.1, 0.15) is 62.1 Å². The topological polar surface area (TPSA) is 87.9 Å². The van der Waals surface area contributed by atoms with Crippen molar-refractivity contribution in [2.45, 2.75) is 90.0 Å². The van der Waals surface area contributed by atoms with Crippen LogP contribution in [0.2, 0.25) is 0 Å². The number of nitrogens with zero attached hydrogens (tertiary/aromatic N) is 2. The molecule has 8 heteroatoms. The van der Waals surface area contributed by atoms with Crippen LogP contribution in [0.4, 0.5) is 0 Å². The molecule has 186 valence electrons. The minimum Gasteiger partial charge on any atom is -0.375 e. The number of carbonyl (C=O) groups excluding carboxylic acids is 2. The summed E-state index contributed by atoms with van der Waals surface area (Å²) < 4.78 is 5.11. The first kappa shape index (κ1) is 26.1. The number of ether oxygens (including phenoxy) is 1. The summed E-state index contributed by atoms with van der Waals surface area (Å²) in [6, 6.07) is 4.58. The van der Waals surface area contributed by atoms with Gasteiger partial charge in [-0.3, -0.25) is 14.5 Å². The molecular formula is C25H42N4O3S. The lowest BCUT2D eigenvalue weighted by Crippen LogP contribution is -2.59. The lowest BCUT2D eigenvalue weighted by molar-refractivity contribution is -0.147. The number of thiophene rings is 1. The quantitative estimate of drug-likeness (QED) is 0.570. The average molecular weight is 479 g/mol. The number of piperidine rings is 1. The highest BCUT2D eigenvalue weighted by molar-refractivity contribution is 7.11. The zero-order chi connectivity index (χ0) is 24.0. The van der Waals surface area contributed by atoms with E-state index >= 15 is 0 Å². The summed E-state index contributed by atoms with van der Waals surface area (Å²) in [5, 5.41) is 3.24. The van der Waals surface area contributed by atoms with Crippen LogP contribution in [0, 0.1) is 12.8 Å². The van der Waals surface area contributed by atoms with Crippen molar-refractivity contribution in [1.82, 2.24) is 15.1 Å². The number of nitrogens with two attached hydrogens (primary N) is 1. The summed E-state index contributed by atoms with van der Waals surface area (Å²) in [4.78, 5) is 33.1. The number of hydrogen-bond acceptors (Lipinski definition) is 6. The van der Waals surface area contributed by atoms with Crippen molar-refractivity contribution in [2.24, 2.45) is 11.7 Å². The van der Waals surface area contributed by atoms with Crippen molar-refractivity contribution >= 4 is 23.2 Å². The first-order valence-corrected chi connectivity index (χ1v) is 13.2. The summed E-state index contributed by atoms with van der Waals surface area (Å²) in [5.74, 6) is 0.394. The molecule has 3 N–H and O–H groups in total. The molecule has 0 spiro atoms. The summed E-state index contributed by atoms with van der Waals surface area (Å²) in [5.41, 5.74) is 6.04. The number of carbonyl (C=O) groups is 2. The molecule has 0 bridgehead atoms. The van der Waals surface area contributed by atoms with Gasteiger partial charge >= 0.3 is 0 Å². The van der Waals surface area contributed by atoms with Crippen LogP contribution >= 0.6 is 11.3 Å². The van der Waals surface area contributed by atoms with Crippen molar-refractivity contribution in [3.63, 3.8) is 0 Å². The van der Waals surface area contributed by atoms with Crippen LogP contribution in [-0.4, -0.2) is 72.6 Å². The molecule has 33 heavy (non-hydrogen) atoms. The first-order valence-electron chi connectivity index (χ1n) is 12.4. The van der Waals surface area contributed by atoms with E-state index in [1.165, 1.54) is 16.9 Å². The lowest BCUT2D eigenvalue weighted by Gasteiger charge is -2.43. The third kappa shape index (κ3) is 7.50. The van der Waals surface area contributed by atoms with E-state index in [1.807, 2.05) is 11.3 Å². The van der Waals surface area contributed by atoms with E-state index in [2.05, 4.69) is 43.1 Å². The number of aryl methyl sites for hydroxylation is 1. The second-order valence-electron chi connectivity index (χ2n) is 10.2. The molecule has 1 aliphatic carbocycles. The standard InChI is InChI=1S/C25H42N4O3S/c1-17(2)14-28(15-22-10-5-18(3)33-22)21-11-12-29(24(30)16-32-4)23(13-21)25(31)27-20-8-6-19(26)7-9-20/h5,10,17,19-21,23H,6-9,11-16,26H2,1-4H3,(H,27,31)/t19?,20?,21?,23-/m1/s1. The normalized spacial score (nSPS) is 26.1. The Labute approximate surface area is 203 Å². The predicted octanol–water partition coefficient (Wildman–Crippen LogP) is 2.91. The van der Waals surface area contributed by atoms with Crippen molar-refractivity contribution < 1.29 is 14.3 Å². The van der Waals surface area contributed by atoms with Crippen molar-refractivity contribution in [1.29, 1.82) is 0 Å². The van der Waals surface area contributed by atoms with Crippen molar-refractivity contribution in [2.75, 3.05) is 26.8 Å². The fourth-order valence-electron chi connectivity index (χ4n) is 5.17. The van der Waals surface area contributed by atoms with E-state index in [4.69, 9.17) is 10.5 Å². The Hall–Kier alpha value is -1.48. The van der Waals surface area contributed by atoms with E-state index in [9.17, 15) is 9.59 Å². The SMILES string of the molecule is COCC(=O)N1CCC(N(Cc2ccc(C)s2)CC(C)C)C[C@@H]1C(=O)NC1CCC(N)CC1. The molecule has 3 rings (SSSR count). The number of nitrogens with one attached hydrogen (secondary N) is 1. The Morgan fingerprint density at radius 3 is 2.58 bits per heavy atom. The maximum atomic E-state index is 13.4. The second kappa shape index (κ2) is 12.3. The fraction of sp³-hybridized carbons (Fsp3) is 0.760. The second-order valence-corrected chi connectivity index (χ2v) is 11.5. The molecule has 1 aromatic heterocycles. The smallest absolute Gasteiger partial charge is 0.249 e. The molecular weight excluding hydrogens is 436 g/mol. The predicted molar refractivity (Wildman–Crippen MR) is 133 cm³/mol. The number of methoxy groups -OCH3 is 1. The zero-order valence-electron chi connectivity index (χ0n) is 20.7. The van der Waals surface area contributed by atoms with Crippen LogP contribution in [0.25, 0.3) is 0 Å². The van der Waals surface area contributed by atoms with Gasteiger partial charge < -0.3 is 20.7 Å². The van der Waals surface area contributed by atoms with Gasteiger partial charge in [-0.25, -0.2) is 0 Å². The minimum absolute atomic E-state index is 0.0108. The van der Waals surface area contributed by atoms with Crippen LogP contribution in [-0.2, 0) is 20.9 Å². The molecule has 2 fully saturated rings. The Morgan fingerprint density at radius 2 is 1.97 bits per heavy atom. The fourth-order valence-corrected chi connectivity index (χ4v) is 6.09. The molecule has 2 atom stereocenters. The largest absolute Gasteiger partial charge is 0.375 e. The van der Waals surface area contributed by atoms with Crippen LogP contribution in [0.3, 0.4) is 0 Å².